The highest BCUT2D eigenvalue weighted by Gasteiger charge is 2.23. The standard InChI is InChI=1S/C22H20FN3O5/c23-16-13-25(20-11-6-12-30-20)22(29)26(21(16)28)14-19(27)24-17-9-4-5-10-18(17)31-15-7-2-1-3-8-15/h1-5,7-10,13,20H,6,11-12,14H2,(H,24,27)/t20-/m0/s1. The number of amides is 1. The van der Waals surface area contributed by atoms with E-state index in [4.69, 9.17) is 9.47 Å². The molecule has 0 spiro atoms. The second-order valence-electron chi connectivity index (χ2n) is 6.99. The number of anilines is 1. The minimum absolute atomic E-state index is 0.347. The van der Waals surface area contributed by atoms with E-state index in [2.05, 4.69) is 5.32 Å². The summed E-state index contributed by atoms with van der Waals surface area (Å²) in [5.74, 6) is -0.848. The molecule has 0 radical (unpaired) electrons. The van der Waals surface area contributed by atoms with Gasteiger partial charge >= 0.3 is 5.69 Å². The monoisotopic (exact) mass is 425 g/mol. The molecule has 0 unspecified atom stereocenters. The van der Waals surface area contributed by atoms with Crippen LogP contribution in [0.5, 0.6) is 11.5 Å². The number of hydrogen-bond acceptors (Lipinski definition) is 5. The van der Waals surface area contributed by atoms with Crippen molar-refractivity contribution in [2.75, 3.05) is 11.9 Å². The first-order valence-electron chi connectivity index (χ1n) is 9.78. The first kappa shape index (κ1) is 20.5. The van der Waals surface area contributed by atoms with E-state index >= 15 is 0 Å². The van der Waals surface area contributed by atoms with Crippen LogP contribution in [0.4, 0.5) is 10.1 Å². The number of halogens is 1. The Hall–Kier alpha value is -3.72. The van der Waals surface area contributed by atoms with Crippen LogP contribution in [0.3, 0.4) is 0 Å². The summed E-state index contributed by atoms with van der Waals surface area (Å²) in [6.45, 7) is -0.210. The second kappa shape index (κ2) is 8.97. The van der Waals surface area contributed by atoms with Gasteiger partial charge in [0.15, 0.2) is 5.75 Å². The van der Waals surface area contributed by atoms with Gasteiger partial charge in [0.05, 0.1) is 11.9 Å². The molecule has 2 heterocycles. The molecule has 1 atom stereocenters. The van der Waals surface area contributed by atoms with Crippen LogP contribution < -0.4 is 21.3 Å². The zero-order valence-electron chi connectivity index (χ0n) is 16.5. The number of nitrogens with zero attached hydrogens (tertiary/aromatic N) is 2. The summed E-state index contributed by atoms with van der Waals surface area (Å²) in [7, 11) is 0. The highest BCUT2D eigenvalue weighted by atomic mass is 19.1. The number of rotatable bonds is 6. The highest BCUT2D eigenvalue weighted by molar-refractivity contribution is 5.92. The lowest BCUT2D eigenvalue weighted by atomic mass is 10.3. The summed E-state index contributed by atoms with van der Waals surface area (Å²) in [6, 6.07) is 15.7. The largest absolute Gasteiger partial charge is 0.455 e. The molecule has 1 aromatic heterocycles. The Morgan fingerprint density at radius 3 is 2.61 bits per heavy atom. The lowest BCUT2D eigenvalue weighted by molar-refractivity contribution is -0.116. The molecular weight excluding hydrogens is 405 g/mol. The van der Waals surface area contributed by atoms with Crippen LogP contribution in [0.1, 0.15) is 19.1 Å². The number of para-hydroxylation sites is 3. The molecule has 1 saturated heterocycles. The summed E-state index contributed by atoms with van der Waals surface area (Å²) in [5.41, 5.74) is -1.62. The van der Waals surface area contributed by atoms with Gasteiger partial charge in [-0.1, -0.05) is 30.3 Å². The van der Waals surface area contributed by atoms with E-state index in [1.807, 2.05) is 18.2 Å². The second-order valence-corrected chi connectivity index (χ2v) is 6.99. The van der Waals surface area contributed by atoms with E-state index in [0.29, 0.717) is 34.8 Å². The Bertz CT molecular complexity index is 1200. The van der Waals surface area contributed by atoms with Crippen LogP contribution in [0.15, 0.2) is 70.4 Å². The quantitative estimate of drug-likeness (QED) is 0.656. The molecule has 0 aliphatic carbocycles. The number of carbonyl (C=O) groups is 1. The Kier molecular flexibility index (Phi) is 5.94. The van der Waals surface area contributed by atoms with Gasteiger partial charge in [0.25, 0.3) is 5.56 Å². The van der Waals surface area contributed by atoms with Crippen molar-refractivity contribution in [3.05, 3.63) is 87.4 Å². The predicted octanol–water partition coefficient (Wildman–Crippen LogP) is 2.89. The normalized spacial score (nSPS) is 15.6. The fourth-order valence-corrected chi connectivity index (χ4v) is 3.32. The molecule has 1 amide bonds. The topological polar surface area (TPSA) is 91.6 Å². The van der Waals surface area contributed by atoms with Crippen molar-refractivity contribution in [1.29, 1.82) is 0 Å². The minimum Gasteiger partial charge on any atom is -0.455 e. The molecule has 2 aromatic carbocycles. The Labute approximate surface area is 176 Å². The fourth-order valence-electron chi connectivity index (χ4n) is 3.32. The van der Waals surface area contributed by atoms with E-state index in [0.717, 1.165) is 17.2 Å². The van der Waals surface area contributed by atoms with Crippen molar-refractivity contribution in [2.45, 2.75) is 25.6 Å². The maximum Gasteiger partial charge on any atom is 0.333 e. The van der Waals surface area contributed by atoms with Gasteiger partial charge < -0.3 is 14.8 Å². The lowest BCUT2D eigenvalue weighted by Gasteiger charge is -2.16. The van der Waals surface area contributed by atoms with Crippen molar-refractivity contribution in [3.63, 3.8) is 0 Å². The first-order chi connectivity index (χ1) is 15.0. The SMILES string of the molecule is O=C(Cn1c(=O)c(F)cn([C@@H]2CCCO2)c1=O)Nc1ccccc1Oc1ccccc1. The molecule has 31 heavy (non-hydrogen) atoms. The van der Waals surface area contributed by atoms with Gasteiger partial charge in [0, 0.05) is 6.61 Å². The molecule has 1 aliphatic rings. The van der Waals surface area contributed by atoms with Crippen molar-refractivity contribution >= 4 is 11.6 Å². The average molecular weight is 425 g/mol. The maximum atomic E-state index is 14.2. The summed E-state index contributed by atoms with van der Waals surface area (Å²) in [6.07, 6.45) is 1.42. The molecule has 9 heteroatoms. The maximum absolute atomic E-state index is 14.2. The van der Waals surface area contributed by atoms with E-state index in [9.17, 15) is 18.8 Å². The van der Waals surface area contributed by atoms with E-state index < -0.39 is 35.7 Å². The predicted molar refractivity (Wildman–Crippen MR) is 111 cm³/mol. The fraction of sp³-hybridized carbons (Fsp3) is 0.227. The molecule has 8 nitrogen and oxygen atoms in total. The molecule has 4 rings (SSSR count). The number of carbonyl (C=O) groups excluding carboxylic acids is 1. The van der Waals surface area contributed by atoms with E-state index in [1.165, 1.54) is 0 Å². The highest BCUT2D eigenvalue weighted by Crippen LogP contribution is 2.29. The Morgan fingerprint density at radius 1 is 1.13 bits per heavy atom. The zero-order chi connectivity index (χ0) is 21.8. The Morgan fingerprint density at radius 2 is 1.87 bits per heavy atom. The number of nitrogens with one attached hydrogen (secondary N) is 1. The molecule has 0 saturated carbocycles. The summed E-state index contributed by atoms with van der Waals surface area (Å²) in [5, 5.41) is 2.62. The molecule has 1 aliphatic heterocycles. The van der Waals surface area contributed by atoms with Gasteiger partial charge in [-0.15, -0.1) is 0 Å². The Balaban J connectivity index is 1.56. The molecule has 0 bridgehead atoms. The van der Waals surface area contributed by atoms with Crippen LogP contribution in [-0.2, 0) is 16.1 Å². The summed E-state index contributed by atoms with van der Waals surface area (Å²) >= 11 is 0. The molecule has 160 valence electrons. The lowest BCUT2D eigenvalue weighted by Crippen LogP contribution is -2.44. The van der Waals surface area contributed by atoms with E-state index in [1.54, 1.807) is 36.4 Å². The molecular formula is C22H20FN3O5. The summed E-state index contributed by atoms with van der Waals surface area (Å²) < 4.78 is 26.9. The van der Waals surface area contributed by atoms with Crippen LogP contribution in [0.25, 0.3) is 0 Å². The van der Waals surface area contributed by atoms with E-state index in [-0.39, 0.29) is 0 Å². The third-order valence-electron chi connectivity index (χ3n) is 4.80. The number of aromatic nitrogens is 2. The van der Waals surface area contributed by atoms with Gasteiger partial charge in [-0.3, -0.25) is 14.2 Å². The van der Waals surface area contributed by atoms with Crippen molar-refractivity contribution in [1.82, 2.24) is 9.13 Å². The minimum atomic E-state index is -1.16. The van der Waals surface area contributed by atoms with Crippen molar-refractivity contribution < 1.29 is 18.7 Å². The third kappa shape index (κ3) is 4.56. The molecule has 1 N–H and O–H groups in total. The average Bonchev–Trinajstić information content (AvgIpc) is 3.30. The van der Waals surface area contributed by atoms with Gasteiger partial charge in [-0.2, -0.15) is 4.39 Å². The van der Waals surface area contributed by atoms with Gasteiger partial charge in [-0.25, -0.2) is 9.36 Å². The van der Waals surface area contributed by atoms with Crippen LogP contribution in [-0.4, -0.2) is 21.6 Å². The number of hydrogen-bond donors (Lipinski definition) is 1. The van der Waals surface area contributed by atoms with Gasteiger partial charge in [0.1, 0.15) is 18.5 Å². The third-order valence-corrected chi connectivity index (χ3v) is 4.80. The number of ether oxygens (including phenoxy) is 2. The van der Waals surface area contributed by atoms with Crippen LogP contribution in [0, 0.1) is 5.82 Å². The zero-order valence-corrected chi connectivity index (χ0v) is 16.5. The summed E-state index contributed by atoms with van der Waals surface area (Å²) in [4.78, 5) is 37.5. The van der Waals surface area contributed by atoms with Gasteiger partial charge in [-0.05, 0) is 37.1 Å². The first-order valence-corrected chi connectivity index (χ1v) is 9.78. The van der Waals surface area contributed by atoms with Crippen molar-refractivity contribution in [3.8, 4) is 11.5 Å². The number of benzene rings is 2. The molecule has 3 aromatic rings. The van der Waals surface area contributed by atoms with Crippen LogP contribution >= 0.6 is 0 Å². The van der Waals surface area contributed by atoms with Gasteiger partial charge in [0.2, 0.25) is 11.7 Å². The van der Waals surface area contributed by atoms with Crippen LogP contribution in [0.2, 0.25) is 0 Å². The smallest absolute Gasteiger partial charge is 0.333 e. The van der Waals surface area contributed by atoms with Crippen molar-refractivity contribution in [2.24, 2.45) is 0 Å². The molecule has 1 fully saturated rings.